The van der Waals surface area contributed by atoms with Gasteiger partial charge in [0.2, 0.25) is 0 Å². The highest BCUT2D eigenvalue weighted by Gasteiger charge is 2.13. The van der Waals surface area contributed by atoms with Gasteiger partial charge < -0.3 is 5.32 Å². The Morgan fingerprint density at radius 2 is 2.11 bits per heavy atom. The Morgan fingerprint density at radius 1 is 1.37 bits per heavy atom. The largest absolute Gasteiger partial charge is 0.321 e. The minimum absolute atomic E-state index is 0.135. The van der Waals surface area contributed by atoms with Crippen LogP contribution >= 0.6 is 15.9 Å². The van der Waals surface area contributed by atoms with E-state index >= 15 is 0 Å². The Kier molecular flexibility index (Phi) is 4.04. The van der Waals surface area contributed by atoms with Gasteiger partial charge in [-0.2, -0.15) is 5.10 Å². The third-order valence-corrected chi connectivity index (χ3v) is 3.74. The standard InChI is InChI=1S/C14H16BrN3O/c1-4-18-13(8-10(3)17-18)14(19)16-11-5-6-12(15)9(2)7-11/h5-8H,4H2,1-3H3,(H,16,19). The van der Waals surface area contributed by atoms with Crippen LogP contribution < -0.4 is 5.32 Å². The second-order valence-electron chi connectivity index (χ2n) is 4.40. The first-order chi connectivity index (χ1) is 9.01. The summed E-state index contributed by atoms with van der Waals surface area (Å²) in [4.78, 5) is 12.2. The summed E-state index contributed by atoms with van der Waals surface area (Å²) in [5.74, 6) is -0.135. The van der Waals surface area contributed by atoms with Crippen LogP contribution in [0.1, 0.15) is 28.7 Å². The first kappa shape index (κ1) is 13.8. The van der Waals surface area contributed by atoms with Gasteiger partial charge in [-0.05, 0) is 50.6 Å². The zero-order valence-electron chi connectivity index (χ0n) is 11.2. The topological polar surface area (TPSA) is 46.9 Å². The van der Waals surface area contributed by atoms with Gasteiger partial charge in [0.15, 0.2) is 0 Å². The first-order valence-corrected chi connectivity index (χ1v) is 6.92. The second kappa shape index (κ2) is 5.57. The van der Waals surface area contributed by atoms with Gasteiger partial charge in [0, 0.05) is 16.7 Å². The fourth-order valence-corrected chi connectivity index (χ4v) is 2.13. The Bertz CT molecular complexity index is 619. The first-order valence-electron chi connectivity index (χ1n) is 6.13. The molecule has 0 aliphatic rings. The predicted octanol–water partition coefficient (Wildman–Crippen LogP) is 3.53. The molecule has 0 radical (unpaired) electrons. The van der Waals surface area contributed by atoms with Crippen molar-refractivity contribution in [2.75, 3.05) is 5.32 Å². The zero-order chi connectivity index (χ0) is 14.0. The second-order valence-corrected chi connectivity index (χ2v) is 5.26. The summed E-state index contributed by atoms with van der Waals surface area (Å²) in [6, 6.07) is 7.52. The molecule has 1 amide bonds. The number of aromatic nitrogens is 2. The summed E-state index contributed by atoms with van der Waals surface area (Å²) in [6.07, 6.45) is 0. The highest BCUT2D eigenvalue weighted by molar-refractivity contribution is 9.10. The zero-order valence-corrected chi connectivity index (χ0v) is 12.8. The fraction of sp³-hybridized carbons (Fsp3) is 0.286. The smallest absolute Gasteiger partial charge is 0.273 e. The molecule has 0 aliphatic heterocycles. The monoisotopic (exact) mass is 321 g/mol. The van der Waals surface area contributed by atoms with E-state index in [2.05, 4.69) is 26.3 Å². The summed E-state index contributed by atoms with van der Waals surface area (Å²) in [6.45, 7) is 6.51. The molecule has 100 valence electrons. The number of halogens is 1. The summed E-state index contributed by atoms with van der Waals surface area (Å²) in [5.41, 5.74) is 3.30. The number of anilines is 1. The van der Waals surface area contributed by atoms with Crippen molar-refractivity contribution < 1.29 is 4.79 Å². The van der Waals surface area contributed by atoms with E-state index in [4.69, 9.17) is 0 Å². The van der Waals surface area contributed by atoms with Gasteiger partial charge in [-0.25, -0.2) is 0 Å². The molecule has 1 N–H and O–H groups in total. The average Bonchev–Trinajstić information content (AvgIpc) is 2.75. The average molecular weight is 322 g/mol. The molecule has 2 aromatic rings. The van der Waals surface area contributed by atoms with Gasteiger partial charge in [0.05, 0.1) is 5.69 Å². The Balaban J connectivity index is 2.22. The van der Waals surface area contributed by atoms with Gasteiger partial charge in [-0.15, -0.1) is 0 Å². The lowest BCUT2D eigenvalue weighted by atomic mass is 10.2. The predicted molar refractivity (Wildman–Crippen MR) is 79.5 cm³/mol. The minimum atomic E-state index is -0.135. The van der Waals surface area contributed by atoms with Crippen LogP contribution in [0.5, 0.6) is 0 Å². The normalized spacial score (nSPS) is 10.5. The summed E-state index contributed by atoms with van der Waals surface area (Å²) >= 11 is 3.44. The molecule has 0 saturated heterocycles. The van der Waals surface area contributed by atoms with Gasteiger partial charge in [0.1, 0.15) is 5.69 Å². The van der Waals surface area contributed by atoms with Crippen molar-refractivity contribution in [3.8, 4) is 0 Å². The maximum absolute atomic E-state index is 12.2. The molecule has 0 saturated carbocycles. The SMILES string of the molecule is CCn1nc(C)cc1C(=O)Nc1ccc(Br)c(C)c1. The van der Waals surface area contributed by atoms with Crippen LogP contribution in [0.2, 0.25) is 0 Å². The van der Waals surface area contributed by atoms with Crippen LogP contribution in [-0.2, 0) is 6.54 Å². The van der Waals surface area contributed by atoms with Crippen molar-refractivity contribution >= 4 is 27.5 Å². The number of carbonyl (C=O) groups is 1. The number of aryl methyl sites for hydroxylation is 3. The lowest BCUT2D eigenvalue weighted by molar-refractivity contribution is 0.101. The van der Waals surface area contributed by atoms with E-state index in [9.17, 15) is 4.79 Å². The maximum Gasteiger partial charge on any atom is 0.273 e. The number of rotatable bonds is 3. The molecule has 4 nitrogen and oxygen atoms in total. The van der Waals surface area contributed by atoms with Crippen molar-refractivity contribution in [1.29, 1.82) is 0 Å². The minimum Gasteiger partial charge on any atom is -0.321 e. The molecule has 0 spiro atoms. The quantitative estimate of drug-likeness (QED) is 0.939. The van der Waals surface area contributed by atoms with E-state index in [0.29, 0.717) is 12.2 Å². The summed E-state index contributed by atoms with van der Waals surface area (Å²) in [5, 5.41) is 7.17. The number of amides is 1. The molecular formula is C14H16BrN3O. The van der Waals surface area contributed by atoms with Gasteiger partial charge in [-0.1, -0.05) is 15.9 Å². The third-order valence-electron chi connectivity index (χ3n) is 2.85. The van der Waals surface area contributed by atoms with Crippen LogP contribution in [0.3, 0.4) is 0 Å². The molecule has 1 aromatic carbocycles. The molecule has 2 rings (SSSR count). The summed E-state index contributed by atoms with van der Waals surface area (Å²) < 4.78 is 2.73. The van der Waals surface area contributed by atoms with Crippen molar-refractivity contribution in [3.05, 3.63) is 45.7 Å². The maximum atomic E-state index is 12.2. The highest BCUT2D eigenvalue weighted by atomic mass is 79.9. The van der Waals surface area contributed by atoms with Crippen molar-refractivity contribution in [1.82, 2.24) is 9.78 Å². The molecule has 0 fully saturated rings. The summed E-state index contributed by atoms with van der Waals surface area (Å²) in [7, 11) is 0. The van der Waals surface area contributed by atoms with Crippen LogP contribution in [0, 0.1) is 13.8 Å². The lowest BCUT2D eigenvalue weighted by Gasteiger charge is -2.08. The van der Waals surface area contributed by atoms with Crippen LogP contribution in [-0.4, -0.2) is 15.7 Å². The molecule has 0 aliphatic carbocycles. The molecule has 0 atom stereocenters. The van der Waals surface area contributed by atoms with Crippen molar-refractivity contribution in [3.63, 3.8) is 0 Å². The van der Waals surface area contributed by atoms with E-state index in [1.54, 1.807) is 10.7 Å². The molecular weight excluding hydrogens is 306 g/mol. The Labute approximate surface area is 120 Å². The number of nitrogens with one attached hydrogen (secondary N) is 1. The highest BCUT2D eigenvalue weighted by Crippen LogP contribution is 2.20. The number of carbonyl (C=O) groups excluding carboxylic acids is 1. The van der Waals surface area contributed by atoms with Crippen LogP contribution in [0.15, 0.2) is 28.7 Å². The fourth-order valence-electron chi connectivity index (χ4n) is 1.89. The van der Waals surface area contributed by atoms with Crippen molar-refractivity contribution in [2.24, 2.45) is 0 Å². The molecule has 19 heavy (non-hydrogen) atoms. The van der Waals surface area contributed by atoms with E-state index < -0.39 is 0 Å². The molecule has 0 bridgehead atoms. The molecule has 1 aromatic heterocycles. The Morgan fingerprint density at radius 3 is 2.74 bits per heavy atom. The number of hydrogen-bond donors (Lipinski definition) is 1. The number of benzene rings is 1. The van der Waals surface area contributed by atoms with Gasteiger partial charge >= 0.3 is 0 Å². The van der Waals surface area contributed by atoms with Crippen LogP contribution in [0.25, 0.3) is 0 Å². The van der Waals surface area contributed by atoms with Gasteiger partial charge in [-0.3, -0.25) is 9.48 Å². The molecule has 0 unspecified atom stereocenters. The van der Waals surface area contributed by atoms with E-state index in [0.717, 1.165) is 21.4 Å². The van der Waals surface area contributed by atoms with E-state index in [1.807, 2.05) is 39.0 Å². The molecule has 1 heterocycles. The molecule has 5 heteroatoms. The van der Waals surface area contributed by atoms with Gasteiger partial charge in [0.25, 0.3) is 5.91 Å². The Hall–Kier alpha value is -1.62. The lowest BCUT2D eigenvalue weighted by Crippen LogP contribution is -2.17. The number of hydrogen-bond acceptors (Lipinski definition) is 2. The van der Waals surface area contributed by atoms with Crippen LogP contribution in [0.4, 0.5) is 5.69 Å². The van der Waals surface area contributed by atoms with E-state index in [-0.39, 0.29) is 5.91 Å². The number of nitrogens with zero attached hydrogens (tertiary/aromatic N) is 2. The van der Waals surface area contributed by atoms with E-state index in [1.165, 1.54) is 0 Å². The van der Waals surface area contributed by atoms with Crippen molar-refractivity contribution in [2.45, 2.75) is 27.3 Å². The third kappa shape index (κ3) is 3.04.